The molecule has 0 unspecified atom stereocenters. The van der Waals surface area contributed by atoms with Crippen molar-refractivity contribution in [3.63, 3.8) is 0 Å². The lowest BCUT2D eigenvalue weighted by Gasteiger charge is -2.31. The second-order valence-corrected chi connectivity index (χ2v) is 8.59. The van der Waals surface area contributed by atoms with Crippen LogP contribution in [0.4, 0.5) is 0 Å². The van der Waals surface area contributed by atoms with Gasteiger partial charge >= 0.3 is 0 Å². The van der Waals surface area contributed by atoms with Gasteiger partial charge in [-0.05, 0) is 68.1 Å². The van der Waals surface area contributed by atoms with Crippen molar-refractivity contribution in [3.8, 4) is 11.3 Å². The van der Waals surface area contributed by atoms with Crippen LogP contribution < -0.4 is 0 Å². The van der Waals surface area contributed by atoms with Crippen molar-refractivity contribution < 1.29 is 0 Å². The van der Waals surface area contributed by atoms with Gasteiger partial charge in [0.2, 0.25) is 0 Å². The molecule has 1 aliphatic heterocycles. The molecule has 1 aliphatic rings. The molecule has 4 nitrogen and oxygen atoms in total. The third-order valence-electron chi connectivity index (χ3n) is 5.99. The van der Waals surface area contributed by atoms with Crippen LogP contribution in [0, 0.1) is 5.92 Å². The first kappa shape index (κ1) is 19.3. The van der Waals surface area contributed by atoms with Crippen LogP contribution in [-0.2, 0) is 13.0 Å². The number of likely N-dealkylation sites (tertiary alicyclic amines) is 1. The molecule has 1 fully saturated rings. The van der Waals surface area contributed by atoms with E-state index in [-0.39, 0.29) is 0 Å². The van der Waals surface area contributed by atoms with Crippen molar-refractivity contribution in [1.29, 1.82) is 0 Å². The third kappa shape index (κ3) is 4.25. The van der Waals surface area contributed by atoms with Crippen LogP contribution >= 0.6 is 11.6 Å². The van der Waals surface area contributed by atoms with Crippen molar-refractivity contribution in [2.75, 3.05) is 13.1 Å². The van der Waals surface area contributed by atoms with E-state index in [9.17, 15) is 0 Å². The summed E-state index contributed by atoms with van der Waals surface area (Å²) in [4.78, 5) is 7.08. The monoisotopic (exact) mass is 416 g/mol. The summed E-state index contributed by atoms with van der Waals surface area (Å²) in [5.41, 5.74) is 5.41. The summed E-state index contributed by atoms with van der Waals surface area (Å²) in [6.45, 7) is 3.36. The molecule has 2 aromatic carbocycles. The van der Waals surface area contributed by atoms with E-state index in [4.69, 9.17) is 16.7 Å². The molecule has 0 saturated carbocycles. The van der Waals surface area contributed by atoms with Crippen LogP contribution in [0.5, 0.6) is 0 Å². The predicted molar refractivity (Wildman–Crippen MR) is 122 cm³/mol. The van der Waals surface area contributed by atoms with Gasteiger partial charge in [-0.25, -0.2) is 9.50 Å². The van der Waals surface area contributed by atoms with Gasteiger partial charge in [-0.3, -0.25) is 4.90 Å². The van der Waals surface area contributed by atoms with E-state index in [1.165, 1.54) is 18.4 Å². The lowest BCUT2D eigenvalue weighted by Crippen LogP contribution is -2.34. The Kier molecular flexibility index (Phi) is 5.52. The number of hydrogen-bond donors (Lipinski definition) is 0. The van der Waals surface area contributed by atoms with Gasteiger partial charge in [0.25, 0.3) is 0 Å². The summed E-state index contributed by atoms with van der Waals surface area (Å²) in [6.07, 6.45) is 5.33. The SMILES string of the molecule is Clc1cccc(-c2cnc3ccc(CC4CCN(Cc5ccccc5)CC4)nn23)c1. The summed E-state index contributed by atoms with van der Waals surface area (Å²) in [7, 11) is 0. The Balaban J connectivity index is 1.27. The molecule has 2 aromatic heterocycles. The molecular weight excluding hydrogens is 392 g/mol. The summed E-state index contributed by atoms with van der Waals surface area (Å²) >= 11 is 6.18. The first-order valence-electron chi connectivity index (χ1n) is 10.6. The number of fused-ring (bicyclic) bond motifs is 1. The minimum Gasteiger partial charge on any atom is -0.299 e. The summed E-state index contributed by atoms with van der Waals surface area (Å²) in [6, 6.07) is 22.8. The van der Waals surface area contributed by atoms with E-state index >= 15 is 0 Å². The van der Waals surface area contributed by atoms with Gasteiger partial charge < -0.3 is 0 Å². The first-order chi connectivity index (χ1) is 14.7. The molecule has 4 aromatic rings. The van der Waals surface area contributed by atoms with Crippen LogP contribution in [0.1, 0.15) is 24.1 Å². The van der Waals surface area contributed by atoms with Crippen molar-refractivity contribution in [2.45, 2.75) is 25.8 Å². The van der Waals surface area contributed by atoms with E-state index < -0.39 is 0 Å². The number of aromatic nitrogens is 3. The molecule has 0 aliphatic carbocycles. The molecule has 5 heteroatoms. The maximum Gasteiger partial charge on any atom is 0.154 e. The zero-order valence-electron chi connectivity index (χ0n) is 16.9. The zero-order chi connectivity index (χ0) is 20.3. The Morgan fingerprint density at radius 1 is 0.933 bits per heavy atom. The van der Waals surface area contributed by atoms with Gasteiger partial charge in [0.05, 0.1) is 17.6 Å². The second kappa shape index (κ2) is 8.58. The molecule has 0 bridgehead atoms. The Morgan fingerprint density at radius 2 is 1.77 bits per heavy atom. The number of benzene rings is 2. The number of rotatable bonds is 5. The maximum absolute atomic E-state index is 6.18. The highest BCUT2D eigenvalue weighted by Gasteiger charge is 2.20. The van der Waals surface area contributed by atoms with E-state index in [2.05, 4.69) is 52.3 Å². The fourth-order valence-electron chi connectivity index (χ4n) is 4.35. The van der Waals surface area contributed by atoms with Crippen molar-refractivity contribution in [2.24, 2.45) is 5.92 Å². The Bertz CT molecular complexity index is 1130. The zero-order valence-corrected chi connectivity index (χ0v) is 17.7. The average Bonchev–Trinajstić information content (AvgIpc) is 3.19. The van der Waals surface area contributed by atoms with Crippen LogP contribution in [0.3, 0.4) is 0 Å². The Hall–Kier alpha value is -2.69. The average molecular weight is 417 g/mol. The largest absolute Gasteiger partial charge is 0.299 e. The molecule has 30 heavy (non-hydrogen) atoms. The molecule has 3 heterocycles. The molecule has 0 spiro atoms. The molecule has 5 rings (SSSR count). The number of hydrogen-bond acceptors (Lipinski definition) is 3. The van der Waals surface area contributed by atoms with Gasteiger partial charge in [-0.2, -0.15) is 5.10 Å². The lowest BCUT2D eigenvalue weighted by molar-refractivity contribution is 0.176. The van der Waals surface area contributed by atoms with Gasteiger partial charge in [-0.15, -0.1) is 0 Å². The van der Waals surface area contributed by atoms with E-state index in [1.54, 1.807) is 0 Å². The maximum atomic E-state index is 6.18. The minimum absolute atomic E-state index is 0.681. The van der Waals surface area contributed by atoms with Crippen LogP contribution in [-0.4, -0.2) is 32.6 Å². The molecule has 0 amide bonds. The number of halogens is 1. The fraction of sp³-hybridized carbons (Fsp3) is 0.280. The topological polar surface area (TPSA) is 33.4 Å². The highest BCUT2D eigenvalue weighted by Crippen LogP contribution is 2.25. The second-order valence-electron chi connectivity index (χ2n) is 8.16. The smallest absolute Gasteiger partial charge is 0.154 e. The van der Waals surface area contributed by atoms with Crippen LogP contribution in [0.2, 0.25) is 5.02 Å². The minimum atomic E-state index is 0.681. The number of piperidine rings is 1. The highest BCUT2D eigenvalue weighted by atomic mass is 35.5. The van der Waals surface area contributed by atoms with Crippen LogP contribution in [0.15, 0.2) is 72.9 Å². The summed E-state index contributed by atoms with van der Waals surface area (Å²) in [5.74, 6) is 0.681. The molecule has 0 radical (unpaired) electrons. The molecule has 0 atom stereocenters. The lowest BCUT2D eigenvalue weighted by atomic mass is 9.92. The van der Waals surface area contributed by atoms with Crippen LogP contribution in [0.25, 0.3) is 16.9 Å². The quantitative estimate of drug-likeness (QED) is 0.430. The van der Waals surface area contributed by atoms with Gasteiger partial charge in [0, 0.05) is 17.1 Å². The Morgan fingerprint density at radius 3 is 2.57 bits per heavy atom. The first-order valence-corrected chi connectivity index (χ1v) is 11.0. The van der Waals surface area contributed by atoms with Gasteiger partial charge in [0.15, 0.2) is 5.65 Å². The molecule has 0 N–H and O–H groups in total. The van der Waals surface area contributed by atoms with E-state index in [0.29, 0.717) is 5.92 Å². The number of imidazole rings is 1. The van der Waals surface area contributed by atoms with Gasteiger partial charge in [-0.1, -0.05) is 54.1 Å². The predicted octanol–water partition coefficient (Wildman–Crippen LogP) is 5.50. The summed E-state index contributed by atoms with van der Waals surface area (Å²) in [5, 5.41) is 5.64. The fourth-order valence-corrected chi connectivity index (χ4v) is 4.54. The van der Waals surface area contributed by atoms with Gasteiger partial charge in [0.1, 0.15) is 0 Å². The third-order valence-corrected chi connectivity index (χ3v) is 6.23. The Labute approximate surface area is 182 Å². The summed E-state index contributed by atoms with van der Waals surface area (Å²) < 4.78 is 1.95. The van der Waals surface area contributed by atoms with E-state index in [1.807, 2.05) is 35.0 Å². The molecular formula is C25H25ClN4. The molecule has 1 saturated heterocycles. The van der Waals surface area contributed by atoms with Crippen molar-refractivity contribution in [3.05, 3.63) is 89.2 Å². The van der Waals surface area contributed by atoms with Crippen molar-refractivity contribution >= 4 is 17.2 Å². The van der Waals surface area contributed by atoms with E-state index in [0.717, 1.165) is 53.7 Å². The normalized spacial score (nSPS) is 15.6. The number of nitrogens with zero attached hydrogens (tertiary/aromatic N) is 4. The standard InChI is InChI=1S/C25H25ClN4/c26-22-8-4-7-21(16-22)24-17-27-25-10-9-23(28-30(24)25)15-19-11-13-29(14-12-19)18-20-5-2-1-3-6-20/h1-10,16-17,19H,11-15,18H2. The highest BCUT2D eigenvalue weighted by molar-refractivity contribution is 6.30. The molecule has 152 valence electrons. The van der Waals surface area contributed by atoms with Crippen molar-refractivity contribution in [1.82, 2.24) is 19.5 Å².